The number of aromatic nitrogens is 2. The monoisotopic (exact) mass is 296 g/mol. The van der Waals surface area contributed by atoms with Gasteiger partial charge >= 0.3 is 0 Å². The molecule has 2 aromatic rings. The summed E-state index contributed by atoms with van der Waals surface area (Å²) < 4.78 is 0. The van der Waals surface area contributed by atoms with E-state index in [2.05, 4.69) is 65.6 Å². The van der Waals surface area contributed by atoms with Crippen molar-refractivity contribution in [1.29, 1.82) is 0 Å². The van der Waals surface area contributed by atoms with Crippen molar-refractivity contribution in [2.45, 2.75) is 32.7 Å². The van der Waals surface area contributed by atoms with E-state index >= 15 is 0 Å². The number of anilines is 1. The molecule has 4 nitrogen and oxygen atoms in total. The quantitative estimate of drug-likeness (QED) is 0.944. The van der Waals surface area contributed by atoms with E-state index in [1.54, 1.807) is 0 Å². The minimum absolute atomic E-state index is 0.469. The molecule has 1 N–H and O–H groups in total. The minimum Gasteiger partial charge on any atom is -0.365 e. The number of aryl methyl sites for hydroxylation is 2. The van der Waals surface area contributed by atoms with Gasteiger partial charge in [0, 0.05) is 18.2 Å². The van der Waals surface area contributed by atoms with Crippen molar-refractivity contribution >= 4 is 5.82 Å². The summed E-state index contributed by atoms with van der Waals surface area (Å²) in [5, 5.41) is 12.4. The summed E-state index contributed by atoms with van der Waals surface area (Å²) in [5.41, 5.74) is 4.53. The van der Waals surface area contributed by atoms with Crippen molar-refractivity contribution < 1.29 is 0 Å². The molecular weight excluding hydrogens is 272 g/mol. The van der Waals surface area contributed by atoms with E-state index in [9.17, 15) is 0 Å². The van der Waals surface area contributed by atoms with Crippen LogP contribution in [0.5, 0.6) is 0 Å². The molecule has 0 bridgehead atoms. The van der Waals surface area contributed by atoms with Gasteiger partial charge in [0.15, 0.2) is 0 Å². The van der Waals surface area contributed by atoms with E-state index in [0.717, 1.165) is 29.2 Å². The van der Waals surface area contributed by atoms with Gasteiger partial charge in [0.25, 0.3) is 0 Å². The van der Waals surface area contributed by atoms with Crippen LogP contribution in [0.25, 0.3) is 11.3 Å². The molecule has 2 heterocycles. The molecule has 0 aliphatic carbocycles. The third kappa shape index (κ3) is 3.28. The lowest BCUT2D eigenvalue weighted by atomic mass is 10.0. The first kappa shape index (κ1) is 15.0. The predicted molar refractivity (Wildman–Crippen MR) is 91.1 cm³/mol. The predicted octanol–water partition coefficient (Wildman–Crippen LogP) is 3.27. The molecule has 1 aliphatic rings. The van der Waals surface area contributed by atoms with Crippen LogP contribution in [0.15, 0.2) is 30.3 Å². The van der Waals surface area contributed by atoms with E-state index in [4.69, 9.17) is 0 Å². The highest BCUT2D eigenvalue weighted by molar-refractivity contribution is 5.67. The van der Waals surface area contributed by atoms with E-state index in [1.165, 1.54) is 24.9 Å². The number of nitrogens with zero attached hydrogens (tertiary/aromatic N) is 3. The Balaban J connectivity index is 1.79. The molecule has 0 saturated carbocycles. The van der Waals surface area contributed by atoms with Gasteiger partial charge in [0.2, 0.25) is 0 Å². The van der Waals surface area contributed by atoms with Gasteiger partial charge in [-0.3, -0.25) is 0 Å². The number of hydrogen-bond acceptors (Lipinski definition) is 4. The fraction of sp³-hybridized carbons (Fsp3) is 0.444. The number of rotatable bonds is 3. The fourth-order valence-corrected chi connectivity index (χ4v) is 3.15. The van der Waals surface area contributed by atoms with Crippen LogP contribution in [0, 0.1) is 13.8 Å². The topological polar surface area (TPSA) is 41.1 Å². The molecule has 0 amide bonds. The van der Waals surface area contributed by atoms with Gasteiger partial charge < -0.3 is 10.2 Å². The Kier molecular flexibility index (Phi) is 4.39. The number of benzene rings is 1. The molecule has 1 aromatic heterocycles. The number of likely N-dealkylation sites (N-methyl/N-ethyl adjacent to an activating group) is 1. The fourth-order valence-electron chi connectivity index (χ4n) is 3.15. The van der Waals surface area contributed by atoms with Crippen molar-refractivity contribution in [3.05, 3.63) is 41.5 Å². The van der Waals surface area contributed by atoms with Crippen molar-refractivity contribution in [2.75, 3.05) is 25.5 Å². The molecule has 1 fully saturated rings. The summed E-state index contributed by atoms with van der Waals surface area (Å²) in [5.74, 6) is 0.884. The lowest BCUT2D eigenvalue weighted by Gasteiger charge is -2.30. The summed E-state index contributed by atoms with van der Waals surface area (Å²) >= 11 is 0. The highest BCUT2D eigenvalue weighted by Gasteiger charge is 2.18. The normalized spacial score (nSPS) is 19.1. The van der Waals surface area contributed by atoms with Gasteiger partial charge in [-0.05, 0) is 57.5 Å². The Morgan fingerprint density at radius 2 is 1.95 bits per heavy atom. The van der Waals surface area contributed by atoms with E-state index in [1.807, 2.05) is 6.07 Å². The maximum absolute atomic E-state index is 4.47. The maximum atomic E-state index is 4.47. The second kappa shape index (κ2) is 6.44. The van der Waals surface area contributed by atoms with Gasteiger partial charge in [-0.2, -0.15) is 0 Å². The summed E-state index contributed by atoms with van der Waals surface area (Å²) in [7, 11) is 2.17. The molecule has 0 unspecified atom stereocenters. The summed E-state index contributed by atoms with van der Waals surface area (Å²) in [6, 6.07) is 10.9. The first-order valence-corrected chi connectivity index (χ1v) is 7.99. The van der Waals surface area contributed by atoms with Gasteiger partial charge in [-0.1, -0.05) is 24.3 Å². The molecule has 22 heavy (non-hydrogen) atoms. The van der Waals surface area contributed by atoms with E-state index in [-0.39, 0.29) is 0 Å². The second-order valence-corrected chi connectivity index (χ2v) is 6.32. The van der Waals surface area contributed by atoms with Crippen molar-refractivity contribution in [2.24, 2.45) is 0 Å². The number of hydrogen-bond donors (Lipinski definition) is 1. The van der Waals surface area contributed by atoms with Crippen LogP contribution in [-0.4, -0.2) is 41.3 Å². The summed E-state index contributed by atoms with van der Waals surface area (Å²) in [6.07, 6.45) is 2.44. The van der Waals surface area contributed by atoms with Crippen molar-refractivity contribution in [1.82, 2.24) is 15.1 Å². The Hall–Kier alpha value is -1.94. The molecule has 116 valence electrons. The molecule has 4 heteroatoms. The van der Waals surface area contributed by atoms with Crippen LogP contribution in [0.2, 0.25) is 0 Å². The largest absolute Gasteiger partial charge is 0.365 e. The van der Waals surface area contributed by atoms with Gasteiger partial charge in [-0.15, -0.1) is 10.2 Å². The zero-order chi connectivity index (χ0) is 15.5. The molecule has 1 aliphatic heterocycles. The molecule has 0 radical (unpaired) electrons. The Bertz CT molecular complexity index is 653. The molecule has 1 saturated heterocycles. The molecular formula is C18H24N4. The lowest BCUT2D eigenvalue weighted by Crippen LogP contribution is -2.39. The summed E-state index contributed by atoms with van der Waals surface area (Å²) in [6.45, 7) is 6.48. The average molecular weight is 296 g/mol. The first-order chi connectivity index (χ1) is 10.6. The van der Waals surface area contributed by atoms with Crippen LogP contribution in [0.3, 0.4) is 0 Å². The second-order valence-electron chi connectivity index (χ2n) is 6.32. The number of likely N-dealkylation sites (tertiary alicyclic amines) is 1. The van der Waals surface area contributed by atoms with Crippen molar-refractivity contribution in [3.8, 4) is 11.3 Å². The number of nitrogens with one attached hydrogen (secondary N) is 1. The molecule has 1 atom stereocenters. The number of piperidine rings is 1. The van der Waals surface area contributed by atoms with Crippen LogP contribution in [0.1, 0.15) is 24.0 Å². The zero-order valence-corrected chi connectivity index (χ0v) is 13.6. The van der Waals surface area contributed by atoms with Crippen molar-refractivity contribution in [3.63, 3.8) is 0 Å². The highest BCUT2D eigenvalue weighted by Crippen LogP contribution is 2.25. The van der Waals surface area contributed by atoms with Crippen LogP contribution in [0.4, 0.5) is 5.82 Å². The van der Waals surface area contributed by atoms with Crippen LogP contribution in [-0.2, 0) is 0 Å². The Morgan fingerprint density at radius 1 is 1.14 bits per heavy atom. The molecule has 0 spiro atoms. The van der Waals surface area contributed by atoms with Crippen LogP contribution < -0.4 is 5.32 Å². The average Bonchev–Trinajstić information content (AvgIpc) is 2.49. The van der Waals surface area contributed by atoms with E-state index < -0.39 is 0 Å². The van der Waals surface area contributed by atoms with E-state index in [0.29, 0.717) is 6.04 Å². The SMILES string of the molecule is Cc1ccccc1-c1nnc(N[C@@H]2CCCN(C)C2)cc1C. The minimum atomic E-state index is 0.469. The molecule has 1 aromatic carbocycles. The van der Waals surface area contributed by atoms with Gasteiger partial charge in [0.1, 0.15) is 5.82 Å². The third-order valence-corrected chi connectivity index (χ3v) is 4.36. The van der Waals surface area contributed by atoms with Gasteiger partial charge in [-0.25, -0.2) is 0 Å². The molecule has 3 rings (SSSR count). The maximum Gasteiger partial charge on any atom is 0.149 e. The standard InChI is InChI=1S/C18H24N4/c1-13-7-4-5-9-16(13)18-14(2)11-17(20-21-18)19-15-8-6-10-22(3)12-15/h4-5,7,9,11,15H,6,8,10,12H2,1-3H3,(H,19,20)/t15-/m1/s1. The lowest BCUT2D eigenvalue weighted by molar-refractivity contribution is 0.260. The highest BCUT2D eigenvalue weighted by atomic mass is 15.2. The zero-order valence-electron chi connectivity index (χ0n) is 13.6. The Labute approximate surface area is 132 Å². The Morgan fingerprint density at radius 3 is 2.68 bits per heavy atom. The first-order valence-electron chi connectivity index (χ1n) is 7.99. The smallest absolute Gasteiger partial charge is 0.149 e. The van der Waals surface area contributed by atoms with Gasteiger partial charge in [0.05, 0.1) is 5.69 Å². The third-order valence-electron chi connectivity index (χ3n) is 4.36. The summed E-state index contributed by atoms with van der Waals surface area (Å²) in [4.78, 5) is 2.36. The van der Waals surface area contributed by atoms with Crippen LogP contribution >= 0.6 is 0 Å².